The smallest absolute Gasteiger partial charge is 0.127 e. The van der Waals surface area contributed by atoms with Crippen molar-refractivity contribution in [3.63, 3.8) is 0 Å². The molecule has 2 aromatic rings. The molecule has 0 aliphatic carbocycles. The van der Waals surface area contributed by atoms with Gasteiger partial charge >= 0.3 is 0 Å². The zero-order chi connectivity index (χ0) is 14.3. The van der Waals surface area contributed by atoms with E-state index >= 15 is 0 Å². The summed E-state index contributed by atoms with van der Waals surface area (Å²) < 4.78 is 19.9. The van der Waals surface area contributed by atoms with Crippen molar-refractivity contribution in [1.82, 2.24) is 0 Å². The second-order valence-electron chi connectivity index (χ2n) is 4.95. The highest BCUT2D eigenvalue weighted by Gasteiger charge is 2.24. The summed E-state index contributed by atoms with van der Waals surface area (Å²) in [6, 6.07) is 8.72. The van der Waals surface area contributed by atoms with Gasteiger partial charge in [0.1, 0.15) is 11.6 Å². The molecule has 0 radical (unpaired) electrons. The molecular weight excluding hydrogens is 343 g/mol. The lowest BCUT2D eigenvalue weighted by atomic mass is 9.97. The predicted octanol–water partition coefficient (Wildman–Crippen LogP) is 5.16. The highest BCUT2D eigenvalue weighted by molar-refractivity contribution is 9.10. The van der Waals surface area contributed by atoms with Crippen LogP contribution in [0.1, 0.15) is 27.6 Å². The van der Waals surface area contributed by atoms with E-state index in [4.69, 9.17) is 16.3 Å². The fourth-order valence-electron chi connectivity index (χ4n) is 2.58. The van der Waals surface area contributed by atoms with Crippen molar-refractivity contribution in [3.05, 3.63) is 62.9 Å². The Bertz CT molecular complexity index is 672. The Balaban J connectivity index is 2.09. The van der Waals surface area contributed by atoms with Gasteiger partial charge in [0.05, 0.1) is 12.0 Å². The standard InChI is InChI=1S/C16H13BrClFO/c1-9-6-12(19)2-3-13(9)15(18)14-8-11(17)7-10-4-5-20-16(10)14/h2-3,6-8,15H,4-5H2,1H3. The van der Waals surface area contributed by atoms with Crippen molar-refractivity contribution in [3.8, 4) is 5.75 Å². The molecule has 104 valence electrons. The molecule has 0 spiro atoms. The monoisotopic (exact) mass is 354 g/mol. The molecule has 1 unspecified atom stereocenters. The molecule has 0 amide bonds. The Labute approximate surface area is 130 Å². The fourth-order valence-corrected chi connectivity index (χ4v) is 3.51. The molecule has 0 N–H and O–H groups in total. The van der Waals surface area contributed by atoms with Crippen LogP contribution < -0.4 is 4.74 Å². The maximum Gasteiger partial charge on any atom is 0.127 e. The van der Waals surface area contributed by atoms with Crippen LogP contribution in [0.3, 0.4) is 0 Å². The summed E-state index contributed by atoms with van der Waals surface area (Å²) in [5, 5.41) is -0.347. The largest absolute Gasteiger partial charge is 0.493 e. The number of benzene rings is 2. The molecule has 20 heavy (non-hydrogen) atoms. The van der Waals surface area contributed by atoms with Gasteiger partial charge in [0.2, 0.25) is 0 Å². The van der Waals surface area contributed by atoms with Gasteiger partial charge in [-0.15, -0.1) is 11.6 Å². The molecule has 1 aliphatic rings. The number of aryl methyl sites for hydroxylation is 1. The van der Waals surface area contributed by atoms with E-state index in [1.54, 1.807) is 6.07 Å². The van der Waals surface area contributed by atoms with Gasteiger partial charge in [-0.05, 0) is 47.9 Å². The summed E-state index contributed by atoms with van der Waals surface area (Å²) in [5.74, 6) is 0.628. The summed E-state index contributed by atoms with van der Waals surface area (Å²) in [7, 11) is 0. The summed E-state index contributed by atoms with van der Waals surface area (Å²) >= 11 is 10.1. The zero-order valence-electron chi connectivity index (χ0n) is 10.9. The average molecular weight is 356 g/mol. The van der Waals surface area contributed by atoms with Crippen LogP contribution in [0, 0.1) is 12.7 Å². The third kappa shape index (κ3) is 2.45. The molecule has 1 aliphatic heterocycles. The number of ether oxygens (including phenoxy) is 1. The minimum Gasteiger partial charge on any atom is -0.493 e. The van der Waals surface area contributed by atoms with Crippen molar-refractivity contribution < 1.29 is 9.13 Å². The first-order valence-electron chi connectivity index (χ1n) is 6.41. The first-order valence-corrected chi connectivity index (χ1v) is 7.64. The van der Waals surface area contributed by atoms with E-state index in [0.29, 0.717) is 6.61 Å². The SMILES string of the molecule is Cc1cc(F)ccc1C(Cl)c1cc(Br)cc2c1OCC2. The molecule has 0 saturated heterocycles. The van der Waals surface area contributed by atoms with Gasteiger partial charge in [-0.25, -0.2) is 4.39 Å². The summed E-state index contributed by atoms with van der Waals surface area (Å²) in [5.41, 5.74) is 3.85. The van der Waals surface area contributed by atoms with Gasteiger partial charge in [-0.1, -0.05) is 22.0 Å². The minimum absolute atomic E-state index is 0.245. The Hall–Kier alpha value is -1.06. The zero-order valence-corrected chi connectivity index (χ0v) is 13.3. The van der Waals surface area contributed by atoms with Gasteiger partial charge in [-0.3, -0.25) is 0 Å². The quantitative estimate of drug-likeness (QED) is 0.676. The van der Waals surface area contributed by atoms with Crippen LogP contribution in [-0.4, -0.2) is 6.61 Å². The van der Waals surface area contributed by atoms with E-state index in [-0.39, 0.29) is 11.2 Å². The molecule has 2 aromatic carbocycles. The molecule has 0 saturated carbocycles. The van der Waals surface area contributed by atoms with Gasteiger partial charge in [0.15, 0.2) is 0 Å². The number of alkyl halides is 1. The lowest BCUT2D eigenvalue weighted by Gasteiger charge is -2.17. The average Bonchev–Trinajstić information content (AvgIpc) is 2.85. The van der Waals surface area contributed by atoms with E-state index in [0.717, 1.165) is 33.3 Å². The van der Waals surface area contributed by atoms with Crippen molar-refractivity contribution in [2.45, 2.75) is 18.7 Å². The molecule has 0 fully saturated rings. The molecular formula is C16H13BrClFO. The van der Waals surface area contributed by atoms with Crippen LogP contribution in [0.2, 0.25) is 0 Å². The predicted molar refractivity (Wildman–Crippen MR) is 82.2 cm³/mol. The Kier molecular flexibility index (Phi) is 3.74. The highest BCUT2D eigenvalue weighted by atomic mass is 79.9. The number of halogens is 3. The van der Waals surface area contributed by atoms with Gasteiger partial charge < -0.3 is 4.74 Å². The van der Waals surface area contributed by atoms with Crippen LogP contribution in [0.5, 0.6) is 5.75 Å². The number of fused-ring (bicyclic) bond motifs is 1. The normalized spacial score (nSPS) is 14.8. The third-order valence-electron chi connectivity index (χ3n) is 3.56. The molecule has 0 bridgehead atoms. The fraction of sp³-hybridized carbons (Fsp3) is 0.250. The Morgan fingerprint density at radius 1 is 1.25 bits per heavy atom. The van der Waals surface area contributed by atoms with E-state index in [1.807, 2.05) is 13.0 Å². The van der Waals surface area contributed by atoms with Crippen LogP contribution in [-0.2, 0) is 6.42 Å². The topological polar surface area (TPSA) is 9.23 Å². The van der Waals surface area contributed by atoms with Gasteiger partial charge in [-0.2, -0.15) is 0 Å². The maximum atomic E-state index is 13.2. The van der Waals surface area contributed by atoms with Crippen LogP contribution in [0.4, 0.5) is 4.39 Å². The lowest BCUT2D eigenvalue weighted by Crippen LogP contribution is -2.00. The van der Waals surface area contributed by atoms with E-state index in [9.17, 15) is 4.39 Å². The number of hydrogen-bond donors (Lipinski definition) is 0. The first kappa shape index (κ1) is 13.9. The number of rotatable bonds is 2. The second kappa shape index (κ2) is 5.38. The molecule has 3 rings (SSSR count). The van der Waals surface area contributed by atoms with Gasteiger partial charge in [0, 0.05) is 16.5 Å². The van der Waals surface area contributed by atoms with E-state index in [1.165, 1.54) is 17.7 Å². The first-order chi connectivity index (χ1) is 9.56. The van der Waals surface area contributed by atoms with E-state index in [2.05, 4.69) is 22.0 Å². The Morgan fingerprint density at radius 2 is 2.05 bits per heavy atom. The van der Waals surface area contributed by atoms with E-state index < -0.39 is 0 Å². The summed E-state index contributed by atoms with van der Waals surface area (Å²) in [6.07, 6.45) is 0.897. The number of hydrogen-bond acceptors (Lipinski definition) is 1. The lowest BCUT2D eigenvalue weighted by molar-refractivity contribution is 0.353. The second-order valence-corrected chi connectivity index (χ2v) is 6.30. The molecule has 1 nitrogen and oxygen atoms in total. The highest BCUT2D eigenvalue weighted by Crippen LogP contribution is 2.42. The molecule has 1 atom stereocenters. The van der Waals surface area contributed by atoms with Gasteiger partial charge in [0.25, 0.3) is 0 Å². The molecule has 4 heteroatoms. The van der Waals surface area contributed by atoms with Crippen molar-refractivity contribution in [2.24, 2.45) is 0 Å². The third-order valence-corrected chi connectivity index (χ3v) is 4.48. The molecule has 1 heterocycles. The van der Waals surface area contributed by atoms with Crippen molar-refractivity contribution in [1.29, 1.82) is 0 Å². The minimum atomic E-state index is -0.347. The van der Waals surface area contributed by atoms with Crippen molar-refractivity contribution >= 4 is 27.5 Å². The van der Waals surface area contributed by atoms with Crippen LogP contribution >= 0.6 is 27.5 Å². The van der Waals surface area contributed by atoms with Crippen LogP contribution in [0.15, 0.2) is 34.8 Å². The van der Waals surface area contributed by atoms with Crippen LogP contribution in [0.25, 0.3) is 0 Å². The maximum absolute atomic E-state index is 13.2. The Morgan fingerprint density at radius 3 is 2.80 bits per heavy atom. The van der Waals surface area contributed by atoms with Crippen molar-refractivity contribution in [2.75, 3.05) is 6.61 Å². The summed E-state index contributed by atoms with van der Waals surface area (Å²) in [6.45, 7) is 2.55. The summed E-state index contributed by atoms with van der Waals surface area (Å²) in [4.78, 5) is 0. The molecule has 0 aromatic heterocycles.